The van der Waals surface area contributed by atoms with Crippen molar-refractivity contribution in [2.24, 2.45) is 0 Å². The van der Waals surface area contributed by atoms with Crippen LogP contribution in [0, 0.1) is 0 Å². The van der Waals surface area contributed by atoms with Gasteiger partial charge in [0.25, 0.3) is 5.91 Å². The van der Waals surface area contributed by atoms with Gasteiger partial charge in [0.05, 0.1) is 0 Å². The highest BCUT2D eigenvalue weighted by atomic mass is 35.5. The van der Waals surface area contributed by atoms with Gasteiger partial charge in [-0.3, -0.25) is 4.79 Å². The van der Waals surface area contributed by atoms with Crippen LogP contribution >= 0.6 is 23.2 Å². The van der Waals surface area contributed by atoms with Crippen LogP contribution < -0.4 is 10.1 Å². The number of ether oxygens (including phenoxy) is 1. The number of pyridine rings is 1. The molecule has 0 fully saturated rings. The molecule has 1 amide bonds. The van der Waals surface area contributed by atoms with Gasteiger partial charge in [-0.15, -0.1) is 0 Å². The predicted octanol–water partition coefficient (Wildman–Crippen LogP) is 6.25. The number of halogens is 2. The van der Waals surface area contributed by atoms with Gasteiger partial charge >= 0.3 is 0 Å². The van der Waals surface area contributed by atoms with Crippen molar-refractivity contribution in [3.8, 4) is 5.88 Å². The van der Waals surface area contributed by atoms with E-state index in [4.69, 9.17) is 27.9 Å². The summed E-state index contributed by atoms with van der Waals surface area (Å²) in [6, 6.07) is 20.9. The Bertz CT molecular complexity index is 1010. The lowest BCUT2D eigenvalue weighted by Gasteiger charge is -2.29. The quantitative estimate of drug-likeness (QED) is 0.435. The molecule has 1 heterocycles. The van der Waals surface area contributed by atoms with Crippen LogP contribution in [0.2, 0.25) is 10.0 Å². The first kappa shape index (κ1) is 23.1. The maximum absolute atomic E-state index is 13.0. The highest BCUT2D eigenvalue weighted by Crippen LogP contribution is 2.34. The van der Waals surface area contributed by atoms with Gasteiger partial charge in [-0.05, 0) is 61.2 Å². The number of carbonyl (C=O) groups excluding carboxylic acids is 1. The molecule has 2 aromatic carbocycles. The maximum Gasteiger partial charge on any atom is 0.263 e. The van der Waals surface area contributed by atoms with Crippen molar-refractivity contribution in [3.05, 3.63) is 94.1 Å². The number of hydrogen-bond acceptors (Lipinski definition) is 3. The normalized spacial score (nSPS) is 13.3. The van der Waals surface area contributed by atoms with Crippen molar-refractivity contribution in [2.75, 3.05) is 6.54 Å². The van der Waals surface area contributed by atoms with Crippen LogP contribution in [-0.2, 0) is 4.79 Å². The summed E-state index contributed by atoms with van der Waals surface area (Å²) in [5.41, 5.74) is 1.11. The minimum atomic E-state index is -1.07. The maximum atomic E-state index is 13.0. The number of aromatic nitrogens is 1. The Morgan fingerprint density at radius 3 is 2.39 bits per heavy atom. The van der Waals surface area contributed by atoms with Crippen LogP contribution in [0.25, 0.3) is 0 Å². The van der Waals surface area contributed by atoms with E-state index < -0.39 is 5.60 Å². The molecule has 1 N–H and O–H groups in total. The van der Waals surface area contributed by atoms with Crippen molar-refractivity contribution >= 4 is 29.1 Å². The summed E-state index contributed by atoms with van der Waals surface area (Å²) < 4.78 is 5.82. The van der Waals surface area contributed by atoms with Gasteiger partial charge < -0.3 is 10.1 Å². The zero-order valence-electron chi connectivity index (χ0n) is 17.8. The van der Waals surface area contributed by atoms with E-state index in [2.05, 4.69) is 17.2 Å². The number of rotatable bonds is 8. The highest BCUT2D eigenvalue weighted by Gasteiger charge is 2.32. The van der Waals surface area contributed by atoms with Gasteiger partial charge in [-0.25, -0.2) is 4.98 Å². The van der Waals surface area contributed by atoms with Gasteiger partial charge in [-0.1, -0.05) is 60.5 Å². The zero-order chi connectivity index (χ0) is 22.4. The van der Waals surface area contributed by atoms with E-state index >= 15 is 0 Å². The molecule has 6 heteroatoms. The summed E-state index contributed by atoms with van der Waals surface area (Å²) in [5, 5.41) is 4.42. The second-order valence-corrected chi connectivity index (χ2v) is 8.86. The Morgan fingerprint density at radius 1 is 1.00 bits per heavy atom. The van der Waals surface area contributed by atoms with Crippen LogP contribution in [-0.4, -0.2) is 23.0 Å². The lowest BCUT2D eigenvalue weighted by Crippen LogP contribution is -2.48. The van der Waals surface area contributed by atoms with E-state index in [1.165, 1.54) is 0 Å². The van der Waals surface area contributed by atoms with E-state index in [1.807, 2.05) is 54.6 Å². The fourth-order valence-corrected chi connectivity index (χ4v) is 3.77. The molecule has 4 nitrogen and oxygen atoms in total. The lowest BCUT2D eigenvalue weighted by atomic mass is 9.82. The first-order chi connectivity index (χ1) is 14.8. The van der Waals surface area contributed by atoms with Crippen LogP contribution in [0.3, 0.4) is 0 Å². The average molecular weight is 457 g/mol. The molecule has 162 valence electrons. The van der Waals surface area contributed by atoms with Crippen molar-refractivity contribution < 1.29 is 9.53 Å². The molecule has 2 unspecified atom stereocenters. The van der Waals surface area contributed by atoms with Gasteiger partial charge in [0.2, 0.25) is 5.88 Å². The second-order valence-electron chi connectivity index (χ2n) is 7.99. The van der Waals surface area contributed by atoms with E-state index in [-0.39, 0.29) is 17.7 Å². The molecule has 0 radical (unpaired) electrons. The summed E-state index contributed by atoms with van der Waals surface area (Å²) in [6.07, 6.45) is 1.63. The summed E-state index contributed by atoms with van der Waals surface area (Å²) in [4.78, 5) is 17.1. The Kier molecular flexibility index (Phi) is 7.58. The summed E-state index contributed by atoms with van der Waals surface area (Å²) in [6.45, 7) is 6.02. The van der Waals surface area contributed by atoms with Crippen LogP contribution in [0.4, 0.5) is 0 Å². The molecule has 0 aliphatic carbocycles. The Labute approximate surface area is 193 Å². The third kappa shape index (κ3) is 6.22. The topological polar surface area (TPSA) is 51.2 Å². The zero-order valence-corrected chi connectivity index (χ0v) is 19.3. The van der Waals surface area contributed by atoms with Crippen LogP contribution in [0.1, 0.15) is 43.7 Å². The first-order valence-electron chi connectivity index (χ1n) is 10.2. The SMILES string of the molecule is CC(c1ccc(Cl)cc1)C(CNC(=O)C(C)(C)Oc1ccccn1)c1cccc(Cl)c1. The molecule has 0 saturated heterocycles. The fraction of sp³-hybridized carbons (Fsp3) is 0.280. The minimum Gasteiger partial charge on any atom is -0.462 e. The molecule has 31 heavy (non-hydrogen) atoms. The first-order valence-corrected chi connectivity index (χ1v) is 10.9. The number of amides is 1. The largest absolute Gasteiger partial charge is 0.462 e. The number of benzene rings is 2. The molecule has 0 saturated carbocycles. The molecule has 1 aromatic heterocycles. The van der Waals surface area contributed by atoms with Crippen molar-refractivity contribution in [2.45, 2.75) is 38.2 Å². The van der Waals surface area contributed by atoms with Crippen molar-refractivity contribution in [1.82, 2.24) is 10.3 Å². The third-order valence-electron chi connectivity index (χ3n) is 5.30. The van der Waals surface area contributed by atoms with Gasteiger partial charge in [-0.2, -0.15) is 0 Å². The lowest BCUT2D eigenvalue weighted by molar-refractivity contribution is -0.134. The number of nitrogens with zero attached hydrogens (tertiary/aromatic N) is 1. The fourth-order valence-electron chi connectivity index (χ4n) is 3.45. The van der Waals surface area contributed by atoms with Gasteiger partial charge in [0, 0.05) is 34.8 Å². The van der Waals surface area contributed by atoms with E-state index in [0.29, 0.717) is 22.5 Å². The summed E-state index contributed by atoms with van der Waals surface area (Å²) in [7, 11) is 0. The molecule has 3 rings (SSSR count). The molecular formula is C25H26Cl2N2O2. The van der Waals surface area contributed by atoms with Gasteiger partial charge in [0.15, 0.2) is 5.60 Å². The van der Waals surface area contributed by atoms with Crippen LogP contribution in [0.15, 0.2) is 72.9 Å². The molecule has 0 spiro atoms. The Morgan fingerprint density at radius 2 is 1.74 bits per heavy atom. The van der Waals surface area contributed by atoms with Crippen LogP contribution in [0.5, 0.6) is 5.88 Å². The summed E-state index contributed by atoms with van der Waals surface area (Å²) >= 11 is 12.3. The Hall–Kier alpha value is -2.56. The molecular weight excluding hydrogens is 431 g/mol. The van der Waals surface area contributed by atoms with Crippen molar-refractivity contribution in [3.63, 3.8) is 0 Å². The summed E-state index contributed by atoms with van der Waals surface area (Å²) in [5.74, 6) is 0.322. The van der Waals surface area contributed by atoms with E-state index in [1.54, 1.807) is 32.2 Å². The van der Waals surface area contributed by atoms with E-state index in [0.717, 1.165) is 11.1 Å². The minimum absolute atomic E-state index is 0.00877. The van der Waals surface area contributed by atoms with E-state index in [9.17, 15) is 4.79 Å². The second kappa shape index (κ2) is 10.2. The Balaban J connectivity index is 1.78. The standard InChI is InChI=1S/C25H26Cl2N2O2/c1-17(18-10-12-20(26)13-11-18)22(19-7-6-8-21(27)15-19)16-29-24(30)25(2,3)31-23-9-4-5-14-28-23/h4-15,17,22H,16H2,1-3H3,(H,29,30). The molecule has 0 aliphatic rings. The van der Waals surface area contributed by atoms with Crippen molar-refractivity contribution in [1.29, 1.82) is 0 Å². The molecule has 2 atom stereocenters. The third-order valence-corrected chi connectivity index (χ3v) is 5.79. The molecule has 0 aliphatic heterocycles. The molecule has 0 bridgehead atoms. The number of carbonyl (C=O) groups is 1. The number of nitrogens with one attached hydrogen (secondary N) is 1. The van der Waals surface area contributed by atoms with Gasteiger partial charge in [0.1, 0.15) is 0 Å². The average Bonchev–Trinajstić information content (AvgIpc) is 2.74. The molecule has 3 aromatic rings. The highest BCUT2D eigenvalue weighted by molar-refractivity contribution is 6.30. The monoisotopic (exact) mass is 456 g/mol. The number of hydrogen-bond donors (Lipinski definition) is 1. The smallest absolute Gasteiger partial charge is 0.263 e. The predicted molar refractivity (Wildman–Crippen MR) is 126 cm³/mol.